The van der Waals surface area contributed by atoms with Gasteiger partial charge in [-0.15, -0.1) is 6.58 Å². The average molecular weight is 238 g/mol. The van der Waals surface area contributed by atoms with Gasteiger partial charge in [-0.2, -0.15) is 0 Å². The van der Waals surface area contributed by atoms with E-state index in [1.807, 2.05) is 6.08 Å². The molecule has 0 spiro atoms. The van der Waals surface area contributed by atoms with Crippen LogP contribution in [-0.4, -0.2) is 37.1 Å². The van der Waals surface area contributed by atoms with Crippen molar-refractivity contribution in [3.63, 3.8) is 0 Å². The lowest BCUT2D eigenvalue weighted by atomic mass is 10.2. The molecule has 2 heteroatoms. The highest BCUT2D eigenvalue weighted by molar-refractivity contribution is 4.87. The van der Waals surface area contributed by atoms with E-state index in [4.69, 9.17) is 0 Å². The van der Waals surface area contributed by atoms with Crippen molar-refractivity contribution in [2.45, 2.75) is 52.0 Å². The van der Waals surface area contributed by atoms with Crippen LogP contribution in [0, 0.1) is 5.92 Å². The standard InChI is InChI=1S/C15H30N2/c1-4-11-17(15-8-9-15)12-7-5-6-10-16-13-14(2)3/h4,14-16H,1,5-13H2,2-3H3. The molecule has 1 fully saturated rings. The molecule has 0 saturated heterocycles. The van der Waals surface area contributed by atoms with Crippen LogP contribution in [0.25, 0.3) is 0 Å². The smallest absolute Gasteiger partial charge is 0.0163 e. The summed E-state index contributed by atoms with van der Waals surface area (Å²) in [4.78, 5) is 2.59. The van der Waals surface area contributed by atoms with E-state index in [-0.39, 0.29) is 0 Å². The molecule has 0 bridgehead atoms. The van der Waals surface area contributed by atoms with E-state index in [9.17, 15) is 0 Å². The van der Waals surface area contributed by atoms with Gasteiger partial charge >= 0.3 is 0 Å². The molecule has 17 heavy (non-hydrogen) atoms. The third kappa shape index (κ3) is 7.56. The summed E-state index contributed by atoms with van der Waals surface area (Å²) >= 11 is 0. The molecule has 0 radical (unpaired) electrons. The molecule has 1 aliphatic carbocycles. The van der Waals surface area contributed by atoms with Crippen LogP contribution in [0.4, 0.5) is 0 Å². The molecule has 100 valence electrons. The predicted octanol–water partition coefficient (Wildman–Crippen LogP) is 3.05. The number of hydrogen-bond donors (Lipinski definition) is 1. The zero-order valence-corrected chi connectivity index (χ0v) is 11.8. The lowest BCUT2D eigenvalue weighted by Gasteiger charge is -2.19. The molecule has 0 heterocycles. The van der Waals surface area contributed by atoms with Crippen molar-refractivity contribution in [1.29, 1.82) is 0 Å². The van der Waals surface area contributed by atoms with Crippen molar-refractivity contribution in [3.8, 4) is 0 Å². The molecule has 0 aromatic heterocycles. The quantitative estimate of drug-likeness (QED) is 0.440. The normalized spacial score (nSPS) is 15.8. The average Bonchev–Trinajstić information content (AvgIpc) is 3.09. The Labute approximate surface area is 107 Å². The topological polar surface area (TPSA) is 15.3 Å². The second-order valence-corrected chi connectivity index (χ2v) is 5.67. The summed E-state index contributed by atoms with van der Waals surface area (Å²) in [6.07, 6.45) is 8.87. The fourth-order valence-electron chi connectivity index (χ4n) is 2.16. The summed E-state index contributed by atoms with van der Waals surface area (Å²) < 4.78 is 0. The monoisotopic (exact) mass is 238 g/mol. The lowest BCUT2D eigenvalue weighted by molar-refractivity contribution is 0.284. The van der Waals surface area contributed by atoms with Crippen LogP contribution in [0.2, 0.25) is 0 Å². The van der Waals surface area contributed by atoms with Gasteiger partial charge in [0, 0.05) is 12.6 Å². The van der Waals surface area contributed by atoms with E-state index in [0.29, 0.717) is 0 Å². The van der Waals surface area contributed by atoms with Crippen molar-refractivity contribution in [3.05, 3.63) is 12.7 Å². The molecule has 0 aromatic rings. The van der Waals surface area contributed by atoms with Gasteiger partial charge in [0.15, 0.2) is 0 Å². The van der Waals surface area contributed by atoms with Crippen LogP contribution in [0.1, 0.15) is 46.0 Å². The third-order valence-corrected chi connectivity index (χ3v) is 3.28. The molecule has 0 amide bonds. The van der Waals surface area contributed by atoms with Crippen LogP contribution in [-0.2, 0) is 0 Å². The van der Waals surface area contributed by atoms with Gasteiger partial charge in [-0.1, -0.05) is 26.3 Å². The Morgan fingerprint density at radius 1 is 1.29 bits per heavy atom. The summed E-state index contributed by atoms with van der Waals surface area (Å²) in [6.45, 7) is 13.0. The van der Waals surface area contributed by atoms with Crippen molar-refractivity contribution in [1.82, 2.24) is 10.2 Å². The van der Waals surface area contributed by atoms with Gasteiger partial charge in [0.25, 0.3) is 0 Å². The van der Waals surface area contributed by atoms with Crippen LogP contribution in [0.15, 0.2) is 12.7 Å². The summed E-state index contributed by atoms with van der Waals surface area (Å²) in [7, 11) is 0. The van der Waals surface area contributed by atoms with Gasteiger partial charge < -0.3 is 5.32 Å². The lowest BCUT2D eigenvalue weighted by Crippen LogP contribution is -2.27. The highest BCUT2D eigenvalue weighted by Crippen LogP contribution is 2.26. The second kappa shape index (κ2) is 8.71. The molecule has 0 unspecified atom stereocenters. The minimum absolute atomic E-state index is 0.771. The predicted molar refractivity (Wildman–Crippen MR) is 76.4 cm³/mol. The number of nitrogens with zero attached hydrogens (tertiary/aromatic N) is 1. The third-order valence-electron chi connectivity index (χ3n) is 3.28. The van der Waals surface area contributed by atoms with E-state index in [1.165, 1.54) is 45.2 Å². The fraction of sp³-hybridized carbons (Fsp3) is 0.867. The number of rotatable bonds is 11. The van der Waals surface area contributed by atoms with Gasteiger partial charge in [0.1, 0.15) is 0 Å². The zero-order valence-electron chi connectivity index (χ0n) is 11.8. The SMILES string of the molecule is C=CCN(CCCCCNCC(C)C)C1CC1. The molecule has 0 aromatic carbocycles. The summed E-state index contributed by atoms with van der Waals surface area (Å²) in [6, 6.07) is 0.882. The minimum atomic E-state index is 0.771. The van der Waals surface area contributed by atoms with Gasteiger partial charge in [0.2, 0.25) is 0 Å². The van der Waals surface area contributed by atoms with Gasteiger partial charge in [0.05, 0.1) is 0 Å². The van der Waals surface area contributed by atoms with Gasteiger partial charge in [-0.3, -0.25) is 4.90 Å². The molecule has 1 rings (SSSR count). The first-order valence-corrected chi connectivity index (χ1v) is 7.29. The Hall–Kier alpha value is -0.340. The van der Waals surface area contributed by atoms with Crippen LogP contribution >= 0.6 is 0 Å². The molecule has 0 atom stereocenters. The minimum Gasteiger partial charge on any atom is -0.316 e. The van der Waals surface area contributed by atoms with Gasteiger partial charge in [-0.25, -0.2) is 0 Å². The summed E-state index contributed by atoms with van der Waals surface area (Å²) in [5, 5.41) is 3.50. The number of nitrogens with one attached hydrogen (secondary N) is 1. The Morgan fingerprint density at radius 3 is 2.65 bits per heavy atom. The van der Waals surface area contributed by atoms with Crippen LogP contribution in [0.3, 0.4) is 0 Å². The Balaban J connectivity index is 1.90. The Morgan fingerprint density at radius 2 is 2.06 bits per heavy atom. The Kier molecular flexibility index (Phi) is 7.54. The molecular formula is C15H30N2. The first kappa shape index (κ1) is 14.7. The molecule has 1 N–H and O–H groups in total. The van der Waals surface area contributed by atoms with Crippen molar-refractivity contribution >= 4 is 0 Å². The first-order valence-electron chi connectivity index (χ1n) is 7.29. The first-order chi connectivity index (χ1) is 8.24. The molecule has 2 nitrogen and oxygen atoms in total. The molecule has 0 aliphatic heterocycles. The van der Waals surface area contributed by atoms with Crippen LogP contribution < -0.4 is 5.32 Å². The van der Waals surface area contributed by atoms with Crippen LogP contribution in [0.5, 0.6) is 0 Å². The van der Waals surface area contributed by atoms with Crippen molar-refractivity contribution in [2.24, 2.45) is 5.92 Å². The van der Waals surface area contributed by atoms with E-state index in [1.54, 1.807) is 0 Å². The van der Waals surface area contributed by atoms with Crippen molar-refractivity contribution < 1.29 is 0 Å². The largest absolute Gasteiger partial charge is 0.316 e. The van der Waals surface area contributed by atoms with E-state index in [0.717, 1.165) is 25.0 Å². The highest BCUT2D eigenvalue weighted by Gasteiger charge is 2.27. The number of hydrogen-bond acceptors (Lipinski definition) is 2. The maximum atomic E-state index is 3.84. The summed E-state index contributed by atoms with van der Waals surface area (Å²) in [5.41, 5.74) is 0. The van der Waals surface area contributed by atoms with E-state index >= 15 is 0 Å². The van der Waals surface area contributed by atoms with Gasteiger partial charge in [-0.05, 0) is 51.2 Å². The van der Waals surface area contributed by atoms with E-state index < -0.39 is 0 Å². The van der Waals surface area contributed by atoms with Crippen molar-refractivity contribution in [2.75, 3.05) is 26.2 Å². The zero-order chi connectivity index (χ0) is 12.5. The summed E-state index contributed by atoms with van der Waals surface area (Å²) in [5.74, 6) is 0.771. The second-order valence-electron chi connectivity index (χ2n) is 5.67. The fourth-order valence-corrected chi connectivity index (χ4v) is 2.16. The molecular weight excluding hydrogens is 208 g/mol. The molecule has 1 aliphatic rings. The molecule has 1 saturated carbocycles. The maximum Gasteiger partial charge on any atom is 0.0163 e. The van der Waals surface area contributed by atoms with E-state index in [2.05, 4.69) is 30.6 Å². The highest BCUT2D eigenvalue weighted by atomic mass is 15.2. The maximum absolute atomic E-state index is 3.84. The number of unbranched alkanes of at least 4 members (excludes halogenated alkanes) is 2. The Bertz CT molecular complexity index is 197.